The van der Waals surface area contributed by atoms with Crippen LogP contribution in [0.1, 0.15) is 30.6 Å². The summed E-state index contributed by atoms with van der Waals surface area (Å²) in [6.45, 7) is 10.4. The molecule has 0 saturated carbocycles. The van der Waals surface area contributed by atoms with Crippen LogP contribution in [-0.4, -0.2) is 63.0 Å². The molecule has 170 valence electrons. The third kappa shape index (κ3) is 5.08. The summed E-state index contributed by atoms with van der Waals surface area (Å²) in [5.41, 5.74) is 2.41. The van der Waals surface area contributed by atoms with Crippen molar-refractivity contribution in [2.75, 3.05) is 38.1 Å². The zero-order valence-electron chi connectivity index (χ0n) is 18.6. The maximum Gasteiger partial charge on any atom is 0.263 e. The second kappa shape index (κ2) is 10.1. The van der Waals surface area contributed by atoms with Crippen LogP contribution in [0.2, 0.25) is 0 Å². The van der Waals surface area contributed by atoms with Gasteiger partial charge in [0, 0.05) is 26.2 Å². The fourth-order valence-electron chi connectivity index (χ4n) is 3.79. The topological polar surface area (TPSA) is 92.7 Å². The van der Waals surface area contributed by atoms with Crippen LogP contribution in [0.15, 0.2) is 33.3 Å². The van der Waals surface area contributed by atoms with E-state index >= 15 is 0 Å². The number of hydrogen-bond acceptors (Lipinski definition) is 8. The molecule has 9 nitrogen and oxygen atoms in total. The number of aryl methyl sites for hydroxylation is 2. The molecule has 3 aromatic rings. The van der Waals surface area contributed by atoms with Gasteiger partial charge in [0.2, 0.25) is 0 Å². The van der Waals surface area contributed by atoms with Crippen molar-refractivity contribution in [3.63, 3.8) is 0 Å². The molecule has 4 rings (SSSR count). The van der Waals surface area contributed by atoms with Gasteiger partial charge in [0.25, 0.3) is 5.89 Å². The van der Waals surface area contributed by atoms with E-state index in [2.05, 4.69) is 30.4 Å². The van der Waals surface area contributed by atoms with Crippen molar-refractivity contribution in [1.82, 2.24) is 25.1 Å². The van der Waals surface area contributed by atoms with Gasteiger partial charge < -0.3 is 24.0 Å². The molecule has 0 atom stereocenters. The van der Waals surface area contributed by atoms with Gasteiger partial charge in [-0.25, -0.2) is 0 Å². The van der Waals surface area contributed by atoms with E-state index in [1.165, 1.54) is 0 Å². The van der Waals surface area contributed by atoms with Gasteiger partial charge in [-0.1, -0.05) is 22.4 Å². The number of nitrogens with zero attached hydrogens (tertiary/aromatic N) is 5. The van der Waals surface area contributed by atoms with E-state index in [0.29, 0.717) is 35.7 Å². The maximum atomic E-state index is 5.70. The van der Waals surface area contributed by atoms with Crippen molar-refractivity contribution in [3.05, 3.63) is 41.5 Å². The van der Waals surface area contributed by atoms with E-state index in [4.69, 9.17) is 26.0 Å². The molecule has 1 aliphatic heterocycles. The Morgan fingerprint density at radius 1 is 1.12 bits per heavy atom. The minimum atomic E-state index is 0.450. The molecule has 1 saturated heterocycles. The van der Waals surface area contributed by atoms with E-state index < -0.39 is 0 Å². The first-order chi connectivity index (χ1) is 15.5. The fourth-order valence-corrected chi connectivity index (χ4v) is 4.08. The quantitative estimate of drug-likeness (QED) is 0.554. The Kier molecular flexibility index (Phi) is 7.01. The Bertz CT molecular complexity index is 1050. The van der Waals surface area contributed by atoms with Crippen molar-refractivity contribution in [2.24, 2.45) is 0 Å². The zero-order chi connectivity index (χ0) is 22.5. The SMILES string of the molecule is CCOc1ccccc1NC(=S)N1CCCN(Cc2noc(-c3c(C)noc3C)n2)CC1. The molecule has 0 bridgehead atoms. The molecule has 2 aromatic heterocycles. The molecule has 10 heteroatoms. The van der Waals surface area contributed by atoms with Crippen molar-refractivity contribution in [1.29, 1.82) is 0 Å². The van der Waals surface area contributed by atoms with Crippen LogP contribution in [0.3, 0.4) is 0 Å². The van der Waals surface area contributed by atoms with Crippen molar-refractivity contribution in [2.45, 2.75) is 33.7 Å². The number of rotatable bonds is 6. The molecule has 32 heavy (non-hydrogen) atoms. The molecule has 0 radical (unpaired) electrons. The summed E-state index contributed by atoms with van der Waals surface area (Å²) >= 11 is 5.69. The lowest BCUT2D eigenvalue weighted by Crippen LogP contribution is -2.37. The van der Waals surface area contributed by atoms with Crippen LogP contribution in [0.25, 0.3) is 11.5 Å². The first-order valence-corrected chi connectivity index (χ1v) is 11.2. The average Bonchev–Trinajstić information content (AvgIpc) is 3.27. The van der Waals surface area contributed by atoms with Crippen LogP contribution in [-0.2, 0) is 6.54 Å². The van der Waals surface area contributed by atoms with Crippen LogP contribution < -0.4 is 10.1 Å². The van der Waals surface area contributed by atoms with E-state index in [0.717, 1.165) is 55.3 Å². The Balaban J connectivity index is 1.34. The van der Waals surface area contributed by atoms with Crippen molar-refractivity contribution >= 4 is 23.0 Å². The zero-order valence-corrected chi connectivity index (χ0v) is 19.4. The van der Waals surface area contributed by atoms with Gasteiger partial charge in [0.15, 0.2) is 10.9 Å². The second-order valence-corrected chi connectivity index (χ2v) is 8.08. The van der Waals surface area contributed by atoms with Crippen molar-refractivity contribution < 1.29 is 13.8 Å². The highest BCUT2D eigenvalue weighted by Gasteiger charge is 2.22. The van der Waals surface area contributed by atoms with E-state index in [9.17, 15) is 0 Å². The van der Waals surface area contributed by atoms with Gasteiger partial charge in [-0.05, 0) is 51.5 Å². The molecule has 0 amide bonds. The van der Waals surface area contributed by atoms with E-state index in [-0.39, 0.29) is 0 Å². The molecule has 1 N–H and O–H groups in total. The standard InChI is InChI=1S/C22H28N6O3S/c1-4-29-18-9-6-5-8-17(18)23-22(32)28-11-7-10-27(12-13-28)14-19-24-21(31-26-19)20-15(2)25-30-16(20)3/h5-6,8-9H,4,7,10-14H2,1-3H3,(H,23,32). The summed E-state index contributed by atoms with van der Waals surface area (Å²) in [5.74, 6) is 2.58. The van der Waals surface area contributed by atoms with Gasteiger partial charge in [0.1, 0.15) is 17.1 Å². The highest BCUT2D eigenvalue weighted by molar-refractivity contribution is 7.80. The van der Waals surface area contributed by atoms with Crippen molar-refractivity contribution in [3.8, 4) is 17.2 Å². The molecule has 1 fully saturated rings. The number of anilines is 1. The molecule has 0 spiro atoms. The average molecular weight is 457 g/mol. The second-order valence-electron chi connectivity index (χ2n) is 7.69. The summed E-state index contributed by atoms with van der Waals surface area (Å²) in [7, 11) is 0. The summed E-state index contributed by atoms with van der Waals surface area (Å²) in [5, 5.41) is 12.2. The fraction of sp³-hybridized carbons (Fsp3) is 0.455. The highest BCUT2D eigenvalue weighted by Crippen LogP contribution is 2.26. The molecule has 0 unspecified atom stereocenters. The Morgan fingerprint density at radius 3 is 2.75 bits per heavy atom. The number of benzene rings is 1. The monoisotopic (exact) mass is 456 g/mol. The lowest BCUT2D eigenvalue weighted by molar-refractivity contribution is 0.266. The third-order valence-corrected chi connectivity index (χ3v) is 5.74. The van der Waals surface area contributed by atoms with Crippen LogP contribution >= 0.6 is 12.2 Å². The smallest absolute Gasteiger partial charge is 0.263 e. The lowest BCUT2D eigenvalue weighted by atomic mass is 10.2. The minimum Gasteiger partial charge on any atom is -0.492 e. The number of hydrogen-bond donors (Lipinski definition) is 1. The molecule has 0 aliphatic carbocycles. The van der Waals surface area contributed by atoms with Crippen LogP contribution in [0.4, 0.5) is 5.69 Å². The van der Waals surface area contributed by atoms with Gasteiger partial charge in [-0.3, -0.25) is 4.90 Å². The summed E-state index contributed by atoms with van der Waals surface area (Å²) in [6.07, 6.45) is 0.990. The Morgan fingerprint density at radius 2 is 1.97 bits per heavy atom. The van der Waals surface area contributed by atoms with Gasteiger partial charge >= 0.3 is 0 Å². The third-order valence-electron chi connectivity index (χ3n) is 5.38. The van der Waals surface area contributed by atoms with Crippen LogP contribution in [0.5, 0.6) is 5.75 Å². The Hall–Kier alpha value is -2.98. The first-order valence-electron chi connectivity index (χ1n) is 10.8. The van der Waals surface area contributed by atoms with E-state index in [1.807, 2.05) is 45.0 Å². The predicted octanol–water partition coefficient (Wildman–Crippen LogP) is 3.64. The normalized spacial score (nSPS) is 14.9. The van der Waals surface area contributed by atoms with Gasteiger partial charge in [-0.2, -0.15) is 4.98 Å². The lowest BCUT2D eigenvalue weighted by Gasteiger charge is -2.25. The maximum absolute atomic E-state index is 5.70. The summed E-state index contributed by atoms with van der Waals surface area (Å²) < 4.78 is 16.4. The largest absolute Gasteiger partial charge is 0.492 e. The minimum absolute atomic E-state index is 0.450. The van der Waals surface area contributed by atoms with Crippen LogP contribution in [0, 0.1) is 13.8 Å². The molecular weight excluding hydrogens is 428 g/mol. The van der Waals surface area contributed by atoms with E-state index in [1.54, 1.807) is 0 Å². The molecule has 1 aromatic carbocycles. The predicted molar refractivity (Wildman–Crippen MR) is 125 cm³/mol. The number of aromatic nitrogens is 3. The van der Waals surface area contributed by atoms with Gasteiger partial charge in [-0.15, -0.1) is 0 Å². The molecule has 1 aliphatic rings. The number of ether oxygens (including phenoxy) is 1. The number of nitrogens with one attached hydrogen (secondary N) is 1. The van der Waals surface area contributed by atoms with Gasteiger partial charge in [0.05, 0.1) is 24.5 Å². The highest BCUT2D eigenvalue weighted by atomic mass is 32.1. The molecular formula is C22H28N6O3S. The first kappa shape index (κ1) is 22.2. The molecule has 3 heterocycles. The summed E-state index contributed by atoms with van der Waals surface area (Å²) in [6, 6.07) is 7.85. The Labute approximate surface area is 192 Å². The number of para-hydroxylation sites is 2. The summed E-state index contributed by atoms with van der Waals surface area (Å²) in [4.78, 5) is 9.07. The number of thiocarbonyl (C=S) groups is 1.